The van der Waals surface area contributed by atoms with Crippen molar-refractivity contribution < 1.29 is 13.9 Å². The van der Waals surface area contributed by atoms with Crippen molar-refractivity contribution in [1.82, 2.24) is 5.32 Å². The smallest absolute Gasteiger partial charge is 0.134 e. The number of phenols is 1. The van der Waals surface area contributed by atoms with Gasteiger partial charge in [-0.25, -0.2) is 8.78 Å². The van der Waals surface area contributed by atoms with E-state index < -0.39 is 11.6 Å². The molecule has 0 amide bonds. The molecule has 2 nitrogen and oxygen atoms in total. The highest BCUT2D eigenvalue weighted by molar-refractivity contribution is 7.98. The summed E-state index contributed by atoms with van der Waals surface area (Å²) in [5.41, 5.74) is 0.113. The summed E-state index contributed by atoms with van der Waals surface area (Å²) in [6, 6.07) is 1.36. The summed E-state index contributed by atoms with van der Waals surface area (Å²) in [5.74, 6) is -0.938. The molecular formula is C11H15F2NOS. The molecule has 0 aliphatic carbocycles. The lowest BCUT2D eigenvalue weighted by molar-refractivity contribution is 0.432. The van der Waals surface area contributed by atoms with Crippen LogP contribution in [0.5, 0.6) is 5.75 Å². The van der Waals surface area contributed by atoms with E-state index in [1.165, 1.54) is 0 Å². The molecule has 0 radical (unpaired) electrons. The zero-order valence-electron chi connectivity index (χ0n) is 9.26. The van der Waals surface area contributed by atoms with E-state index >= 15 is 0 Å². The fourth-order valence-electron chi connectivity index (χ4n) is 1.48. The van der Waals surface area contributed by atoms with Crippen molar-refractivity contribution in [1.29, 1.82) is 0 Å². The van der Waals surface area contributed by atoms with E-state index in [1.807, 2.05) is 6.26 Å². The molecular weight excluding hydrogens is 232 g/mol. The van der Waals surface area contributed by atoms with Crippen molar-refractivity contribution in [2.24, 2.45) is 0 Å². The number of hydrogen-bond acceptors (Lipinski definition) is 3. The summed E-state index contributed by atoms with van der Waals surface area (Å²) in [4.78, 5) is 0. The van der Waals surface area contributed by atoms with E-state index in [0.717, 1.165) is 17.9 Å². The topological polar surface area (TPSA) is 32.3 Å². The van der Waals surface area contributed by atoms with Gasteiger partial charge in [-0.05, 0) is 13.2 Å². The van der Waals surface area contributed by atoms with Crippen LogP contribution in [0.15, 0.2) is 12.1 Å². The number of thioether (sulfide) groups is 1. The van der Waals surface area contributed by atoms with Crippen LogP contribution in [0.2, 0.25) is 0 Å². The van der Waals surface area contributed by atoms with Crippen LogP contribution in [0.1, 0.15) is 18.5 Å². The maximum Gasteiger partial charge on any atom is 0.134 e. The lowest BCUT2D eigenvalue weighted by Crippen LogP contribution is -2.22. The Hall–Kier alpha value is -0.810. The largest absolute Gasteiger partial charge is 0.507 e. The normalized spacial score (nSPS) is 12.8. The van der Waals surface area contributed by atoms with Gasteiger partial charge in [0.25, 0.3) is 0 Å². The van der Waals surface area contributed by atoms with Crippen molar-refractivity contribution in [3.63, 3.8) is 0 Å². The van der Waals surface area contributed by atoms with Crippen LogP contribution in [-0.4, -0.2) is 23.7 Å². The van der Waals surface area contributed by atoms with Gasteiger partial charge >= 0.3 is 0 Å². The molecule has 0 saturated carbocycles. The van der Waals surface area contributed by atoms with Gasteiger partial charge in [-0.3, -0.25) is 0 Å². The predicted octanol–water partition coefficient (Wildman–Crippen LogP) is 2.68. The number of halogens is 2. The zero-order chi connectivity index (χ0) is 12.1. The van der Waals surface area contributed by atoms with E-state index in [-0.39, 0.29) is 17.4 Å². The first-order valence-corrected chi connectivity index (χ1v) is 6.36. The van der Waals surface area contributed by atoms with Gasteiger partial charge in [0, 0.05) is 36.0 Å². The van der Waals surface area contributed by atoms with Gasteiger partial charge in [0.2, 0.25) is 0 Å². The van der Waals surface area contributed by atoms with Crippen LogP contribution >= 0.6 is 11.8 Å². The molecule has 0 heterocycles. The molecule has 1 aromatic rings. The van der Waals surface area contributed by atoms with Crippen LogP contribution in [0.3, 0.4) is 0 Å². The lowest BCUT2D eigenvalue weighted by Gasteiger charge is -2.16. The molecule has 0 aliphatic rings. The average Bonchev–Trinajstić information content (AvgIpc) is 2.16. The molecule has 16 heavy (non-hydrogen) atoms. The third-order valence-corrected chi connectivity index (χ3v) is 2.87. The standard InChI is InChI=1S/C11H15F2NOS/c1-7(14-3-4-16-2)11-9(13)5-8(12)6-10(11)15/h5-7,14-15H,3-4H2,1-2H3. The monoisotopic (exact) mass is 247 g/mol. The zero-order valence-corrected chi connectivity index (χ0v) is 10.1. The van der Waals surface area contributed by atoms with Gasteiger partial charge in [0.05, 0.1) is 0 Å². The second kappa shape index (κ2) is 6.06. The summed E-state index contributed by atoms with van der Waals surface area (Å²) < 4.78 is 26.2. The quantitative estimate of drug-likeness (QED) is 0.785. The van der Waals surface area contributed by atoms with Crippen molar-refractivity contribution in [3.8, 4) is 5.75 Å². The van der Waals surface area contributed by atoms with E-state index in [4.69, 9.17) is 0 Å². The third kappa shape index (κ3) is 3.35. The first-order chi connectivity index (χ1) is 7.56. The molecule has 5 heteroatoms. The molecule has 0 fully saturated rings. The fourth-order valence-corrected chi connectivity index (χ4v) is 1.80. The number of benzene rings is 1. The van der Waals surface area contributed by atoms with Crippen molar-refractivity contribution in [2.75, 3.05) is 18.6 Å². The summed E-state index contributed by atoms with van der Waals surface area (Å²) in [5, 5.41) is 12.5. The molecule has 0 spiro atoms. The molecule has 1 atom stereocenters. The number of aromatic hydroxyl groups is 1. The van der Waals surface area contributed by atoms with Crippen LogP contribution < -0.4 is 5.32 Å². The molecule has 0 saturated heterocycles. The molecule has 0 aliphatic heterocycles. The Kier molecular flexibility index (Phi) is 5.02. The second-order valence-electron chi connectivity index (χ2n) is 3.49. The molecule has 1 aromatic carbocycles. The lowest BCUT2D eigenvalue weighted by atomic mass is 10.1. The van der Waals surface area contributed by atoms with E-state index in [2.05, 4.69) is 5.32 Å². The van der Waals surface area contributed by atoms with Gasteiger partial charge in [-0.1, -0.05) is 0 Å². The van der Waals surface area contributed by atoms with Gasteiger partial charge < -0.3 is 10.4 Å². The minimum Gasteiger partial charge on any atom is -0.507 e. The molecule has 0 aromatic heterocycles. The van der Waals surface area contributed by atoms with Crippen molar-refractivity contribution in [3.05, 3.63) is 29.3 Å². The molecule has 1 rings (SSSR count). The fraction of sp³-hybridized carbons (Fsp3) is 0.455. The number of nitrogens with one attached hydrogen (secondary N) is 1. The minimum absolute atomic E-state index is 0.113. The molecule has 2 N–H and O–H groups in total. The molecule has 90 valence electrons. The van der Waals surface area contributed by atoms with E-state index in [9.17, 15) is 13.9 Å². The number of hydrogen-bond donors (Lipinski definition) is 2. The Morgan fingerprint density at radius 2 is 2.12 bits per heavy atom. The maximum absolute atomic E-state index is 13.4. The Morgan fingerprint density at radius 3 is 2.69 bits per heavy atom. The van der Waals surface area contributed by atoms with Gasteiger partial charge in [-0.15, -0.1) is 0 Å². The first-order valence-electron chi connectivity index (χ1n) is 4.96. The average molecular weight is 247 g/mol. The molecule has 1 unspecified atom stereocenters. The van der Waals surface area contributed by atoms with Crippen molar-refractivity contribution in [2.45, 2.75) is 13.0 Å². The second-order valence-corrected chi connectivity index (χ2v) is 4.47. The summed E-state index contributed by atoms with van der Waals surface area (Å²) >= 11 is 1.67. The first kappa shape index (κ1) is 13.3. The van der Waals surface area contributed by atoms with E-state index in [0.29, 0.717) is 6.54 Å². The Labute approximate surface area is 98.1 Å². The highest BCUT2D eigenvalue weighted by Gasteiger charge is 2.16. The highest BCUT2D eigenvalue weighted by atomic mass is 32.2. The highest BCUT2D eigenvalue weighted by Crippen LogP contribution is 2.27. The molecule has 0 bridgehead atoms. The van der Waals surface area contributed by atoms with Crippen molar-refractivity contribution >= 4 is 11.8 Å². The van der Waals surface area contributed by atoms with Gasteiger partial charge in [-0.2, -0.15) is 11.8 Å². The van der Waals surface area contributed by atoms with Gasteiger partial charge in [0.15, 0.2) is 0 Å². The predicted molar refractivity (Wildman–Crippen MR) is 62.8 cm³/mol. The van der Waals surface area contributed by atoms with Crippen LogP contribution in [0, 0.1) is 11.6 Å². The Balaban J connectivity index is 2.78. The van der Waals surface area contributed by atoms with Crippen LogP contribution in [0.4, 0.5) is 8.78 Å². The van der Waals surface area contributed by atoms with Crippen LogP contribution in [0.25, 0.3) is 0 Å². The summed E-state index contributed by atoms with van der Waals surface area (Å²) in [7, 11) is 0. The third-order valence-electron chi connectivity index (χ3n) is 2.26. The Morgan fingerprint density at radius 1 is 1.44 bits per heavy atom. The van der Waals surface area contributed by atoms with E-state index in [1.54, 1.807) is 18.7 Å². The Bertz CT molecular complexity index is 337. The number of rotatable bonds is 5. The SMILES string of the molecule is CSCCNC(C)c1c(O)cc(F)cc1F. The van der Waals surface area contributed by atoms with Gasteiger partial charge in [0.1, 0.15) is 17.4 Å². The maximum atomic E-state index is 13.4. The summed E-state index contributed by atoms with van der Waals surface area (Å²) in [6.07, 6.45) is 1.97. The van der Waals surface area contributed by atoms with Crippen LogP contribution in [-0.2, 0) is 0 Å². The number of phenolic OH excluding ortho intramolecular Hbond substituents is 1. The summed E-state index contributed by atoms with van der Waals surface area (Å²) in [6.45, 7) is 2.44. The minimum atomic E-state index is -0.768.